The van der Waals surface area contributed by atoms with Gasteiger partial charge in [0.05, 0.1) is 4.88 Å². The molecule has 11 nitrogen and oxygen atoms in total. The summed E-state index contributed by atoms with van der Waals surface area (Å²) >= 11 is 1.54. The summed E-state index contributed by atoms with van der Waals surface area (Å²) in [6, 6.07) is 3.89. The van der Waals surface area contributed by atoms with E-state index in [0.717, 1.165) is 31.1 Å². The molecular formula is C22H27N9O2S. The summed E-state index contributed by atoms with van der Waals surface area (Å²) in [5, 5.41) is 6.48. The molecule has 5 heterocycles. The van der Waals surface area contributed by atoms with E-state index in [9.17, 15) is 9.59 Å². The Morgan fingerprint density at radius 1 is 1.15 bits per heavy atom. The Morgan fingerprint density at radius 3 is 2.65 bits per heavy atom. The molecule has 6 rings (SSSR count). The van der Waals surface area contributed by atoms with Crippen molar-refractivity contribution in [1.29, 1.82) is 0 Å². The summed E-state index contributed by atoms with van der Waals surface area (Å²) < 4.78 is 4.73. The maximum atomic E-state index is 13.1. The van der Waals surface area contributed by atoms with Gasteiger partial charge in [-0.2, -0.15) is 9.50 Å². The third-order valence-electron chi connectivity index (χ3n) is 6.84. The first-order valence-electron chi connectivity index (χ1n) is 11.6. The van der Waals surface area contributed by atoms with Crippen molar-refractivity contribution < 1.29 is 4.79 Å². The smallest absolute Gasteiger partial charge is 0.330 e. The number of carbonyl (C=O) groups is 1. The second-order valence-corrected chi connectivity index (χ2v) is 10.1. The monoisotopic (exact) mass is 481 g/mol. The molecule has 1 aliphatic carbocycles. The zero-order valence-electron chi connectivity index (χ0n) is 19.1. The molecule has 0 bridgehead atoms. The molecule has 2 N–H and O–H groups in total. The first-order valence-corrected chi connectivity index (χ1v) is 12.5. The SMILES string of the molecule is Cn1c(=O)n(CCN2CCN(C(=O)CC3CC3)CC2)c2nc(N)n3nc(-c4cccs4)nc3c21. The first-order chi connectivity index (χ1) is 16.5. The van der Waals surface area contributed by atoms with Crippen LogP contribution in [0.5, 0.6) is 0 Å². The summed E-state index contributed by atoms with van der Waals surface area (Å²) in [4.78, 5) is 39.9. The van der Waals surface area contributed by atoms with Crippen molar-refractivity contribution in [3.8, 4) is 10.7 Å². The van der Waals surface area contributed by atoms with Crippen molar-refractivity contribution >= 4 is 40.0 Å². The molecule has 34 heavy (non-hydrogen) atoms. The number of thiophene rings is 1. The van der Waals surface area contributed by atoms with Gasteiger partial charge in [-0.15, -0.1) is 16.4 Å². The minimum Gasteiger partial charge on any atom is -0.368 e. The van der Waals surface area contributed by atoms with Gasteiger partial charge in [0.25, 0.3) is 0 Å². The first kappa shape index (κ1) is 21.3. The number of hydrogen-bond donors (Lipinski definition) is 1. The van der Waals surface area contributed by atoms with Crippen LogP contribution in [-0.4, -0.2) is 77.1 Å². The second kappa shape index (κ2) is 8.20. The molecule has 4 aromatic rings. The number of rotatable bonds is 6. The summed E-state index contributed by atoms with van der Waals surface area (Å²) in [6.45, 7) is 4.29. The van der Waals surface area contributed by atoms with E-state index >= 15 is 0 Å². The summed E-state index contributed by atoms with van der Waals surface area (Å²) in [7, 11) is 1.72. The van der Waals surface area contributed by atoms with Crippen LogP contribution in [0.4, 0.5) is 5.95 Å². The van der Waals surface area contributed by atoms with Gasteiger partial charge in [0, 0.05) is 52.7 Å². The van der Waals surface area contributed by atoms with Gasteiger partial charge in [0.1, 0.15) is 5.52 Å². The average Bonchev–Trinajstić information content (AvgIpc) is 3.22. The molecule has 0 aromatic carbocycles. The Bertz CT molecular complexity index is 1420. The topological polar surface area (TPSA) is 120 Å². The zero-order chi connectivity index (χ0) is 23.4. The lowest BCUT2D eigenvalue weighted by molar-refractivity contribution is -0.133. The lowest BCUT2D eigenvalue weighted by Gasteiger charge is -2.34. The molecular weight excluding hydrogens is 454 g/mol. The average molecular weight is 482 g/mol. The predicted molar refractivity (Wildman–Crippen MR) is 130 cm³/mol. The van der Waals surface area contributed by atoms with Gasteiger partial charge in [0.2, 0.25) is 11.9 Å². The number of aromatic nitrogens is 6. The molecule has 1 saturated carbocycles. The van der Waals surface area contributed by atoms with Crippen molar-refractivity contribution in [2.75, 3.05) is 38.5 Å². The molecule has 1 amide bonds. The van der Waals surface area contributed by atoms with E-state index in [2.05, 4.69) is 20.0 Å². The van der Waals surface area contributed by atoms with Crippen LogP contribution in [0.3, 0.4) is 0 Å². The van der Waals surface area contributed by atoms with Gasteiger partial charge in [-0.05, 0) is 30.2 Å². The molecule has 0 unspecified atom stereocenters. The molecule has 4 aromatic heterocycles. The van der Waals surface area contributed by atoms with Crippen molar-refractivity contribution in [3.63, 3.8) is 0 Å². The largest absolute Gasteiger partial charge is 0.368 e. The number of hydrogen-bond acceptors (Lipinski definition) is 8. The number of anilines is 1. The number of nitrogens with two attached hydrogens (primary N) is 1. The van der Waals surface area contributed by atoms with E-state index in [1.165, 1.54) is 17.4 Å². The molecule has 2 aliphatic rings. The van der Waals surface area contributed by atoms with Gasteiger partial charge in [-0.3, -0.25) is 18.8 Å². The minimum absolute atomic E-state index is 0.158. The maximum absolute atomic E-state index is 13.1. The Hall–Kier alpha value is -3.25. The van der Waals surface area contributed by atoms with E-state index in [4.69, 9.17) is 5.73 Å². The van der Waals surface area contributed by atoms with Gasteiger partial charge < -0.3 is 10.6 Å². The van der Waals surface area contributed by atoms with E-state index < -0.39 is 0 Å². The van der Waals surface area contributed by atoms with Crippen molar-refractivity contribution in [1.82, 2.24) is 38.5 Å². The molecule has 1 saturated heterocycles. The van der Waals surface area contributed by atoms with Crippen molar-refractivity contribution in [3.05, 3.63) is 28.0 Å². The third-order valence-corrected chi connectivity index (χ3v) is 7.71. The lowest BCUT2D eigenvalue weighted by atomic mass is 10.2. The van der Waals surface area contributed by atoms with Crippen molar-refractivity contribution in [2.45, 2.75) is 25.8 Å². The number of amides is 1. The number of nitrogen functional groups attached to an aromatic ring is 1. The minimum atomic E-state index is -0.158. The highest BCUT2D eigenvalue weighted by Gasteiger charge is 2.29. The zero-order valence-corrected chi connectivity index (χ0v) is 19.9. The fraction of sp³-hybridized carbons (Fsp3) is 0.500. The highest BCUT2D eigenvalue weighted by molar-refractivity contribution is 7.13. The van der Waals surface area contributed by atoms with Crippen LogP contribution >= 0.6 is 11.3 Å². The predicted octanol–water partition coefficient (Wildman–Crippen LogP) is 1.03. The van der Waals surface area contributed by atoms with Gasteiger partial charge in [-0.1, -0.05) is 6.07 Å². The number of aryl methyl sites for hydroxylation is 1. The quantitative estimate of drug-likeness (QED) is 0.437. The van der Waals surface area contributed by atoms with Crippen LogP contribution < -0.4 is 11.4 Å². The highest BCUT2D eigenvalue weighted by Crippen LogP contribution is 2.33. The molecule has 2 fully saturated rings. The number of imidazole rings is 1. The molecule has 0 radical (unpaired) electrons. The second-order valence-electron chi connectivity index (χ2n) is 9.15. The summed E-state index contributed by atoms with van der Waals surface area (Å²) in [5.74, 6) is 1.65. The maximum Gasteiger partial charge on any atom is 0.330 e. The standard InChI is InChI=1S/C22H27N9O2S/c1-27-17-19(25-21(23)31-20(17)24-18(26-31)15-3-2-12-34-15)30(22(27)33)11-8-28-6-9-29(10-7-28)16(32)13-14-4-5-14/h2-3,12,14H,4-11,13H2,1H3,(H2,23,25). The van der Waals surface area contributed by atoms with E-state index in [1.54, 1.807) is 27.5 Å². The Labute approximate surface area is 199 Å². The van der Waals surface area contributed by atoms with Crippen molar-refractivity contribution in [2.24, 2.45) is 13.0 Å². The molecule has 1 aliphatic heterocycles. The summed E-state index contributed by atoms with van der Waals surface area (Å²) in [5.41, 5.74) is 7.71. The molecule has 178 valence electrons. The van der Waals surface area contributed by atoms with Crippen LogP contribution in [0, 0.1) is 5.92 Å². The number of carbonyl (C=O) groups excluding carboxylic acids is 1. The fourth-order valence-electron chi connectivity index (χ4n) is 4.66. The van der Waals surface area contributed by atoms with Crippen LogP contribution in [-0.2, 0) is 18.4 Å². The van der Waals surface area contributed by atoms with Crippen LogP contribution in [0.15, 0.2) is 22.3 Å². The lowest BCUT2D eigenvalue weighted by Crippen LogP contribution is -2.49. The molecule has 12 heteroatoms. The number of nitrogens with zero attached hydrogens (tertiary/aromatic N) is 8. The van der Waals surface area contributed by atoms with E-state index in [0.29, 0.717) is 48.1 Å². The van der Waals surface area contributed by atoms with Crippen LogP contribution in [0.2, 0.25) is 0 Å². The fourth-order valence-corrected chi connectivity index (χ4v) is 5.31. The summed E-state index contributed by atoms with van der Waals surface area (Å²) in [6.07, 6.45) is 3.09. The Kier molecular flexibility index (Phi) is 5.14. The van der Waals surface area contributed by atoms with Gasteiger partial charge in [-0.25, -0.2) is 9.78 Å². The van der Waals surface area contributed by atoms with Crippen LogP contribution in [0.25, 0.3) is 27.5 Å². The normalized spacial score (nSPS) is 17.3. The highest BCUT2D eigenvalue weighted by atomic mass is 32.1. The van der Waals surface area contributed by atoms with Gasteiger partial charge >= 0.3 is 5.69 Å². The van der Waals surface area contributed by atoms with Gasteiger partial charge in [0.15, 0.2) is 17.1 Å². The number of fused-ring (bicyclic) bond motifs is 3. The Balaban J connectivity index is 1.23. The Morgan fingerprint density at radius 2 is 1.94 bits per heavy atom. The van der Waals surface area contributed by atoms with Crippen LogP contribution in [0.1, 0.15) is 19.3 Å². The van der Waals surface area contributed by atoms with E-state index in [-0.39, 0.29) is 17.5 Å². The molecule has 0 spiro atoms. The third kappa shape index (κ3) is 3.66. The molecule has 0 atom stereocenters. The number of piperazine rings is 1. The van der Waals surface area contributed by atoms with E-state index in [1.807, 2.05) is 22.4 Å².